The zero-order chi connectivity index (χ0) is 17.8. The summed E-state index contributed by atoms with van der Waals surface area (Å²) >= 11 is 0. The van der Waals surface area contributed by atoms with Gasteiger partial charge in [0, 0.05) is 12.1 Å². The summed E-state index contributed by atoms with van der Waals surface area (Å²) in [6.45, 7) is 2.98. The van der Waals surface area contributed by atoms with Crippen LogP contribution in [0.4, 0.5) is 5.82 Å². The number of aromatic nitrogens is 1. The van der Waals surface area contributed by atoms with Crippen LogP contribution in [0.3, 0.4) is 0 Å². The second-order valence-electron chi connectivity index (χ2n) is 6.11. The molecule has 134 valence electrons. The van der Waals surface area contributed by atoms with E-state index in [0.29, 0.717) is 29.6 Å². The number of likely N-dealkylation sites (tertiary alicyclic amines) is 1. The van der Waals surface area contributed by atoms with Crippen molar-refractivity contribution >= 4 is 11.7 Å². The molecule has 0 spiro atoms. The van der Waals surface area contributed by atoms with Gasteiger partial charge in [-0.05, 0) is 44.0 Å². The number of hydrogen-bond acceptors (Lipinski definition) is 6. The van der Waals surface area contributed by atoms with E-state index in [0.717, 1.165) is 24.9 Å². The quantitative estimate of drug-likeness (QED) is 0.867. The van der Waals surface area contributed by atoms with Crippen LogP contribution < -0.4 is 14.8 Å². The van der Waals surface area contributed by atoms with Gasteiger partial charge in [-0.25, -0.2) is 0 Å². The van der Waals surface area contributed by atoms with Gasteiger partial charge in [-0.3, -0.25) is 9.69 Å². The monoisotopic (exact) mass is 345 g/mol. The summed E-state index contributed by atoms with van der Waals surface area (Å²) in [5, 5.41) is 6.57. The summed E-state index contributed by atoms with van der Waals surface area (Å²) < 4.78 is 15.7. The molecule has 0 saturated carbocycles. The lowest BCUT2D eigenvalue weighted by molar-refractivity contribution is -0.117. The SMILES string of the molecule is COc1ccc([C@H]2CCCN2CC(=O)Nc2cc(C)on2)cc1OC. The van der Waals surface area contributed by atoms with Gasteiger partial charge in [0.2, 0.25) is 5.91 Å². The summed E-state index contributed by atoms with van der Waals surface area (Å²) in [5.41, 5.74) is 1.13. The molecule has 1 amide bonds. The largest absolute Gasteiger partial charge is 0.493 e. The van der Waals surface area contributed by atoms with Gasteiger partial charge in [-0.2, -0.15) is 0 Å². The molecule has 1 aromatic heterocycles. The van der Waals surface area contributed by atoms with Crippen LogP contribution in [-0.4, -0.2) is 43.3 Å². The van der Waals surface area contributed by atoms with E-state index in [-0.39, 0.29) is 11.9 Å². The van der Waals surface area contributed by atoms with Crippen LogP contribution in [0.2, 0.25) is 0 Å². The molecule has 1 N–H and O–H groups in total. The molecule has 1 fully saturated rings. The van der Waals surface area contributed by atoms with Gasteiger partial charge in [-0.15, -0.1) is 0 Å². The van der Waals surface area contributed by atoms with Gasteiger partial charge in [0.1, 0.15) is 5.76 Å². The van der Waals surface area contributed by atoms with Crippen LogP contribution in [0.1, 0.15) is 30.2 Å². The first kappa shape index (κ1) is 17.3. The fourth-order valence-corrected chi connectivity index (χ4v) is 3.25. The molecule has 1 saturated heterocycles. The van der Waals surface area contributed by atoms with Crippen molar-refractivity contribution < 1.29 is 18.8 Å². The summed E-state index contributed by atoms with van der Waals surface area (Å²) in [7, 11) is 3.25. The fraction of sp³-hybridized carbons (Fsp3) is 0.444. The molecule has 1 aliphatic heterocycles. The Morgan fingerprint density at radius 2 is 2.12 bits per heavy atom. The number of ether oxygens (including phenoxy) is 2. The van der Waals surface area contributed by atoms with Crippen molar-refractivity contribution in [1.82, 2.24) is 10.1 Å². The normalized spacial score (nSPS) is 17.5. The molecular formula is C18H23N3O4. The van der Waals surface area contributed by atoms with Crippen LogP contribution in [0.25, 0.3) is 0 Å². The molecule has 1 atom stereocenters. The average Bonchev–Trinajstić information content (AvgIpc) is 3.23. The van der Waals surface area contributed by atoms with E-state index in [9.17, 15) is 4.79 Å². The van der Waals surface area contributed by atoms with Crippen LogP contribution in [-0.2, 0) is 4.79 Å². The van der Waals surface area contributed by atoms with E-state index in [1.165, 1.54) is 0 Å². The Kier molecular flexibility index (Phi) is 5.23. The van der Waals surface area contributed by atoms with Crippen molar-refractivity contribution in [2.24, 2.45) is 0 Å². The van der Waals surface area contributed by atoms with E-state index in [1.807, 2.05) is 18.2 Å². The highest BCUT2D eigenvalue weighted by Gasteiger charge is 2.28. The number of amides is 1. The van der Waals surface area contributed by atoms with Gasteiger partial charge >= 0.3 is 0 Å². The molecule has 0 unspecified atom stereocenters. The molecule has 2 aromatic rings. The Balaban J connectivity index is 1.69. The molecule has 0 bridgehead atoms. The van der Waals surface area contributed by atoms with Gasteiger partial charge < -0.3 is 19.3 Å². The third-order valence-electron chi connectivity index (χ3n) is 4.40. The standard InChI is InChI=1S/C18H23N3O4/c1-12-9-17(20-25-12)19-18(22)11-21-8-4-5-14(21)13-6-7-15(23-2)16(10-13)24-3/h6-7,9-10,14H,4-5,8,11H2,1-3H3,(H,19,20,22)/t14-/m1/s1. The molecular weight excluding hydrogens is 322 g/mol. The third-order valence-corrected chi connectivity index (χ3v) is 4.40. The maximum absolute atomic E-state index is 12.3. The number of carbonyl (C=O) groups is 1. The van der Waals surface area contributed by atoms with E-state index in [4.69, 9.17) is 14.0 Å². The van der Waals surface area contributed by atoms with Crippen molar-refractivity contribution in [3.63, 3.8) is 0 Å². The van der Waals surface area contributed by atoms with Gasteiger partial charge in [0.25, 0.3) is 0 Å². The van der Waals surface area contributed by atoms with E-state index >= 15 is 0 Å². The van der Waals surface area contributed by atoms with Crippen molar-refractivity contribution in [3.05, 3.63) is 35.6 Å². The zero-order valence-corrected chi connectivity index (χ0v) is 14.7. The number of aryl methyl sites for hydroxylation is 1. The van der Waals surface area contributed by atoms with E-state index in [2.05, 4.69) is 15.4 Å². The molecule has 3 rings (SSSR count). The number of hydrogen-bond donors (Lipinski definition) is 1. The van der Waals surface area contributed by atoms with Crippen molar-refractivity contribution in [2.75, 3.05) is 32.6 Å². The van der Waals surface area contributed by atoms with Crippen molar-refractivity contribution in [3.8, 4) is 11.5 Å². The number of nitrogens with zero attached hydrogens (tertiary/aromatic N) is 2. The maximum Gasteiger partial charge on any atom is 0.239 e. The second kappa shape index (κ2) is 7.57. The van der Waals surface area contributed by atoms with Gasteiger partial charge in [0.15, 0.2) is 17.3 Å². The first-order chi connectivity index (χ1) is 12.1. The molecule has 7 nitrogen and oxygen atoms in total. The van der Waals surface area contributed by atoms with Crippen LogP contribution >= 0.6 is 0 Å². The zero-order valence-electron chi connectivity index (χ0n) is 14.7. The highest BCUT2D eigenvalue weighted by atomic mass is 16.5. The Labute approximate surface area is 146 Å². The number of anilines is 1. The Morgan fingerprint density at radius 3 is 2.80 bits per heavy atom. The molecule has 1 aliphatic rings. The molecule has 7 heteroatoms. The van der Waals surface area contributed by atoms with Crippen LogP contribution in [0, 0.1) is 6.92 Å². The lowest BCUT2D eigenvalue weighted by atomic mass is 10.0. The highest BCUT2D eigenvalue weighted by Crippen LogP contribution is 2.36. The summed E-state index contributed by atoms with van der Waals surface area (Å²) in [4.78, 5) is 14.5. The topological polar surface area (TPSA) is 76.8 Å². The summed E-state index contributed by atoms with van der Waals surface area (Å²) in [6, 6.07) is 7.81. The minimum Gasteiger partial charge on any atom is -0.493 e. The molecule has 0 radical (unpaired) electrons. The predicted octanol–water partition coefficient (Wildman–Crippen LogP) is 2.78. The first-order valence-corrected chi connectivity index (χ1v) is 8.30. The van der Waals surface area contributed by atoms with Crippen LogP contribution in [0.15, 0.2) is 28.8 Å². The summed E-state index contributed by atoms with van der Waals surface area (Å²) in [6.07, 6.45) is 2.06. The number of carbonyl (C=O) groups excluding carboxylic acids is 1. The minimum atomic E-state index is -0.0966. The average molecular weight is 345 g/mol. The fourth-order valence-electron chi connectivity index (χ4n) is 3.25. The van der Waals surface area contributed by atoms with Gasteiger partial charge in [0.05, 0.1) is 20.8 Å². The van der Waals surface area contributed by atoms with Crippen LogP contribution in [0.5, 0.6) is 11.5 Å². The third kappa shape index (κ3) is 3.93. The smallest absolute Gasteiger partial charge is 0.239 e. The van der Waals surface area contributed by atoms with E-state index in [1.54, 1.807) is 27.2 Å². The number of benzene rings is 1. The Bertz CT molecular complexity index is 744. The highest BCUT2D eigenvalue weighted by molar-refractivity contribution is 5.91. The lowest BCUT2D eigenvalue weighted by Gasteiger charge is -2.24. The Hall–Kier alpha value is -2.54. The van der Waals surface area contributed by atoms with Crippen molar-refractivity contribution in [2.45, 2.75) is 25.8 Å². The Morgan fingerprint density at radius 1 is 1.32 bits per heavy atom. The predicted molar refractivity (Wildman–Crippen MR) is 93.0 cm³/mol. The number of methoxy groups -OCH3 is 2. The maximum atomic E-state index is 12.3. The lowest BCUT2D eigenvalue weighted by Crippen LogP contribution is -2.33. The number of nitrogens with one attached hydrogen (secondary N) is 1. The summed E-state index contributed by atoms with van der Waals surface area (Å²) in [5.74, 6) is 2.43. The molecule has 25 heavy (non-hydrogen) atoms. The van der Waals surface area contributed by atoms with Gasteiger partial charge in [-0.1, -0.05) is 11.2 Å². The first-order valence-electron chi connectivity index (χ1n) is 8.30. The second-order valence-corrected chi connectivity index (χ2v) is 6.11. The molecule has 2 heterocycles. The van der Waals surface area contributed by atoms with E-state index < -0.39 is 0 Å². The minimum absolute atomic E-state index is 0.0966. The van der Waals surface area contributed by atoms with Crippen molar-refractivity contribution in [1.29, 1.82) is 0 Å². The number of rotatable bonds is 6. The molecule has 0 aliphatic carbocycles. The molecule has 1 aromatic carbocycles.